The van der Waals surface area contributed by atoms with Crippen LogP contribution < -0.4 is 42.8 Å². The number of nitrogens with two attached hydrogens (primary N) is 4. The van der Waals surface area contributed by atoms with Gasteiger partial charge in [-0.05, 0) is 115 Å². The topological polar surface area (TPSA) is 232 Å². The molecule has 5 atom stereocenters. The van der Waals surface area contributed by atoms with Crippen molar-refractivity contribution in [3.63, 3.8) is 0 Å². The minimum atomic E-state index is -1.37. The Morgan fingerprint density at radius 2 is 1.34 bits per heavy atom. The highest BCUT2D eigenvalue weighted by atomic mass is 19.1. The van der Waals surface area contributed by atoms with Crippen LogP contribution in [-0.4, -0.2) is 71.6 Å². The third-order valence-corrected chi connectivity index (χ3v) is 9.53. The predicted molar refractivity (Wildman–Crippen MR) is 225 cm³/mol. The van der Waals surface area contributed by atoms with Crippen molar-refractivity contribution in [3.05, 3.63) is 102 Å². The lowest BCUT2D eigenvalue weighted by molar-refractivity contribution is -0.144. The summed E-state index contributed by atoms with van der Waals surface area (Å²) in [7, 11) is 0. The summed E-state index contributed by atoms with van der Waals surface area (Å²) in [5.41, 5.74) is 25.4. The van der Waals surface area contributed by atoms with Crippen molar-refractivity contribution in [1.82, 2.24) is 15.1 Å². The monoisotopic (exact) mass is 816 g/mol. The first kappa shape index (κ1) is 46.2. The molecule has 3 aromatic carbocycles. The van der Waals surface area contributed by atoms with E-state index in [2.05, 4.69) is 10.6 Å². The van der Waals surface area contributed by atoms with Crippen LogP contribution in [0.5, 0.6) is 5.75 Å². The number of amides is 5. The van der Waals surface area contributed by atoms with Gasteiger partial charge >= 0.3 is 17.9 Å². The maximum Gasteiger partial charge on any atom is 0.408 e. The molecule has 0 fully saturated rings. The third kappa shape index (κ3) is 12.5. The fraction of sp³-hybridized carbons (Fsp3) is 0.432. The number of hydrogen-bond acceptors (Lipinski definition) is 10. The number of primary amides is 1. The molecule has 10 N–H and O–H groups in total. The number of rotatable bonds is 17. The number of unbranched alkanes of at least 4 members (excludes halogenated alkanes) is 1. The minimum Gasteiger partial charge on any atom is -0.488 e. The average Bonchev–Trinajstić information content (AvgIpc) is 3.48. The number of nitrogens with zero attached hydrogens (tertiary/aromatic N) is 1. The Hall–Kier alpha value is -5.48. The van der Waals surface area contributed by atoms with E-state index in [0.29, 0.717) is 47.4 Å². The van der Waals surface area contributed by atoms with Crippen molar-refractivity contribution in [1.29, 1.82) is 0 Å². The van der Waals surface area contributed by atoms with Gasteiger partial charge in [0.1, 0.15) is 47.1 Å². The normalized spacial score (nSPS) is 17.1. The first-order chi connectivity index (χ1) is 27.6. The van der Waals surface area contributed by atoms with E-state index in [1.807, 2.05) is 20.8 Å². The van der Waals surface area contributed by atoms with Gasteiger partial charge in [0.15, 0.2) is 5.69 Å². The molecule has 3 aromatic rings. The number of alkyl carbamates (subject to hydrolysis) is 1. The van der Waals surface area contributed by atoms with Gasteiger partial charge in [-0.15, -0.1) is 4.48 Å². The van der Waals surface area contributed by atoms with Gasteiger partial charge in [-0.25, -0.2) is 18.8 Å². The van der Waals surface area contributed by atoms with Gasteiger partial charge < -0.3 is 43.0 Å². The van der Waals surface area contributed by atoms with Crippen LogP contribution in [0.1, 0.15) is 83.9 Å². The summed E-state index contributed by atoms with van der Waals surface area (Å²) in [6.45, 7) is 11.1. The van der Waals surface area contributed by atoms with Gasteiger partial charge in [-0.2, -0.15) is 0 Å². The Bertz CT molecular complexity index is 2010. The molecule has 59 heavy (non-hydrogen) atoms. The maximum absolute atomic E-state index is 15.5. The Morgan fingerprint density at radius 1 is 0.729 bits per heavy atom. The van der Waals surface area contributed by atoms with Gasteiger partial charge in [0, 0.05) is 30.0 Å². The van der Waals surface area contributed by atoms with E-state index in [9.17, 15) is 23.6 Å². The molecule has 1 aliphatic rings. The molecule has 1 heterocycles. The lowest BCUT2D eigenvalue weighted by Gasteiger charge is -2.33. The molecular weight excluding hydrogens is 758 g/mol. The number of hydrogen-bond donors (Lipinski definition) is 6. The molecule has 0 radical (unpaired) electrons. The second kappa shape index (κ2) is 19.5. The first-order valence-corrected chi connectivity index (χ1v) is 19.8. The summed E-state index contributed by atoms with van der Waals surface area (Å²) in [6, 6.07) is 14.2. The van der Waals surface area contributed by atoms with Crippen molar-refractivity contribution in [2.45, 2.75) is 115 Å². The van der Waals surface area contributed by atoms with Gasteiger partial charge in [0.25, 0.3) is 0 Å². The first-order valence-electron chi connectivity index (χ1n) is 19.8. The number of para-hydroxylation sites is 1. The zero-order chi connectivity index (χ0) is 43.7. The van der Waals surface area contributed by atoms with Gasteiger partial charge in [-0.3, -0.25) is 9.59 Å². The van der Waals surface area contributed by atoms with Crippen LogP contribution in [0.25, 0.3) is 5.57 Å². The quantitative estimate of drug-likeness (QED) is 0.0838. The molecule has 0 saturated carbocycles. The number of carbonyl (C=O) groups is 5. The van der Waals surface area contributed by atoms with Crippen LogP contribution >= 0.6 is 0 Å². The molecule has 1 aliphatic heterocycles. The second-order valence-corrected chi connectivity index (χ2v) is 16.8. The molecule has 0 aromatic heterocycles. The van der Waals surface area contributed by atoms with E-state index < -0.39 is 75.4 Å². The SMILES string of the molecule is CC(C)(C)OC(=O)N[C@@H](CC1=C[N+](C(=O)[C@H](Cc2ccc(OC(C)(C)C)cc2)NC(=O)[C@@H](N)Cc2ccc(F)cc2)(C(=O)[C@@H](N)CCCCN)c2ccccc21)C(N)=O. The maximum atomic E-state index is 15.5. The highest BCUT2D eigenvalue weighted by Gasteiger charge is 2.56. The number of carbonyl (C=O) groups excluding carboxylic acids is 5. The minimum absolute atomic E-state index is 0.0306. The standard InChI is InChI=1S/C44H58FN7O7/c1-43(2,3)58-31-20-16-28(17-21-31)24-36(50-39(54)34(48)23-27-14-18-30(45)19-15-27)41(56)52(40(55)33(47)12-9-10-22-46)26-29(32-11-7-8-13-37(32)52)25-35(38(49)53)51-42(57)59-44(4,5)6/h7-8,11,13-21,26,33-36H,9-10,12,22-25,46-48H2,1-6H3,(H3-,49,50,51,53,54,57)/p+1/t33-,34-,35-,36-,52?/m0/s1. The van der Waals surface area contributed by atoms with Crippen LogP contribution in [0, 0.1) is 5.82 Å². The van der Waals surface area contributed by atoms with Gasteiger partial charge in [0.05, 0.1) is 6.04 Å². The number of halogens is 1. The molecule has 5 amide bonds. The fourth-order valence-electron chi connectivity index (χ4n) is 6.82. The van der Waals surface area contributed by atoms with Crippen molar-refractivity contribution >= 4 is 41.0 Å². The number of quaternary nitrogens is 1. The van der Waals surface area contributed by atoms with Crippen molar-refractivity contribution in [2.75, 3.05) is 6.54 Å². The zero-order valence-corrected chi connectivity index (χ0v) is 34.8. The van der Waals surface area contributed by atoms with E-state index in [1.165, 1.54) is 30.5 Å². The summed E-state index contributed by atoms with van der Waals surface area (Å²) < 4.78 is 24.0. The van der Waals surface area contributed by atoms with Crippen LogP contribution in [0.4, 0.5) is 14.9 Å². The Kier molecular flexibility index (Phi) is 15.3. The molecule has 0 saturated heterocycles. The van der Waals surface area contributed by atoms with E-state index >= 15 is 4.79 Å². The summed E-state index contributed by atoms with van der Waals surface area (Å²) in [5, 5.41) is 5.35. The molecule has 15 heteroatoms. The Labute approximate surface area is 345 Å². The lowest BCUT2D eigenvalue weighted by atomic mass is 9.98. The fourth-order valence-corrected chi connectivity index (χ4v) is 6.82. The molecule has 4 rings (SSSR count). The predicted octanol–water partition coefficient (Wildman–Crippen LogP) is 4.24. The molecule has 0 aliphatic carbocycles. The van der Waals surface area contributed by atoms with E-state index in [-0.39, 0.29) is 31.4 Å². The van der Waals surface area contributed by atoms with Crippen molar-refractivity contribution in [2.24, 2.45) is 22.9 Å². The zero-order valence-electron chi connectivity index (χ0n) is 34.8. The number of imide groups is 1. The molecule has 0 spiro atoms. The largest absolute Gasteiger partial charge is 0.488 e. The van der Waals surface area contributed by atoms with Crippen molar-refractivity contribution < 1.29 is 37.8 Å². The number of fused-ring (bicyclic) bond motifs is 1. The molecule has 318 valence electrons. The third-order valence-electron chi connectivity index (χ3n) is 9.53. The van der Waals surface area contributed by atoms with Crippen LogP contribution in [0.15, 0.2) is 79.0 Å². The van der Waals surface area contributed by atoms with E-state index in [0.717, 1.165) is 0 Å². The lowest BCUT2D eigenvalue weighted by Crippen LogP contribution is -2.65. The average molecular weight is 817 g/mol. The molecule has 14 nitrogen and oxygen atoms in total. The van der Waals surface area contributed by atoms with E-state index in [1.54, 1.807) is 69.3 Å². The van der Waals surface area contributed by atoms with Crippen LogP contribution in [0.2, 0.25) is 0 Å². The van der Waals surface area contributed by atoms with E-state index in [4.69, 9.17) is 32.4 Å². The number of benzene rings is 3. The summed E-state index contributed by atoms with van der Waals surface area (Å²) in [5.74, 6) is -2.87. The smallest absolute Gasteiger partial charge is 0.408 e. The summed E-state index contributed by atoms with van der Waals surface area (Å²) >= 11 is 0. The summed E-state index contributed by atoms with van der Waals surface area (Å²) in [4.78, 5) is 70.1. The van der Waals surface area contributed by atoms with Crippen LogP contribution in [0.3, 0.4) is 0 Å². The Balaban J connectivity index is 1.84. The number of nitrogens with one attached hydrogen (secondary N) is 2. The number of ether oxygens (including phenoxy) is 2. The summed E-state index contributed by atoms with van der Waals surface area (Å²) in [6.07, 6.45) is 1.56. The van der Waals surface area contributed by atoms with Gasteiger partial charge in [-0.1, -0.05) is 36.4 Å². The molecule has 1 unspecified atom stereocenters. The Morgan fingerprint density at radius 3 is 1.93 bits per heavy atom. The second-order valence-electron chi connectivity index (χ2n) is 16.8. The molecule has 0 bridgehead atoms. The highest BCUT2D eigenvalue weighted by molar-refractivity contribution is 6.18. The van der Waals surface area contributed by atoms with Crippen LogP contribution in [-0.2, 0) is 36.8 Å². The molecular formula is C44H59FN7O7+. The van der Waals surface area contributed by atoms with Gasteiger partial charge in [0.2, 0.25) is 11.8 Å². The highest BCUT2D eigenvalue weighted by Crippen LogP contribution is 2.44. The van der Waals surface area contributed by atoms with Crippen molar-refractivity contribution in [3.8, 4) is 5.75 Å².